The SMILES string of the molecule is CCNC(=O)[C@@H](Cc1ccccc1)N(Cc1ccccc1F)C(=O)CN(c1cc(OC)ccc1OC)S(=O)(=O)c1ccc(OC)c(OC)c1. The topological polar surface area (TPSA) is 124 Å². The molecule has 0 saturated heterocycles. The predicted molar refractivity (Wildman–Crippen MR) is 183 cm³/mol. The van der Waals surface area contributed by atoms with Crippen LogP contribution in [0.4, 0.5) is 10.1 Å². The number of hydrogen-bond donors (Lipinski definition) is 1. The lowest BCUT2D eigenvalue weighted by Crippen LogP contribution is -2.53. The van der Waals surface area contributed by atoms with Crippen LogP contribution in [0.5, 0.6) is 23.0 Å². The maximum Gasteiger partial charge on any atom is 0.265 e. The van der Waals surface area contributed by atoms with Gasteiger partial charge >= 0.3 is 0 Å². The van der Waals surface area contributed by atoms with Crippen molar-refractivity contribution in [3.63, 3.8) is 0 Å². The number of amides is 2. The molecule has 0 aromatic heterocycles. The third kappa shape index (κ3) is 8.60. The van der Waals surface area contributed by atoms with E-state index in [0.717, 1.165) is 9.87 Å². The number of carbonyl (C=O) groups is 2. The second-order valence-corrected chi connectivity index (χ2v) is 12.6. The van der Waals surface area contributed by atoms with Crippen LogP contribution in [0.3, 0.4) is 0 Å². The van der Waals surface area contributed by atoms with Gasteiger partial charge < -0.3 is 29.2 Å². The number of methoxy groups -OCH3 is 4. The molecule has 0 heterocycles. The van der Waals surface area contributed by atoms with Gasteiger partial charge in [0.2, 0.25) is 11.8 Å². The Kier molecular flexibility index (Phi) is 12.4. The summed E-state index contributed by atoms with van der Waals surface area (Å²) in [5.74, 6) is -0.976. The van der Waals surface area contributed by atoms with Crippen LogP contribution >= 0.6 is 0 Å². The molecule has 4 aromatic rings. The molecule has 0 bridgehead atoms. The first-order valence-electron chi connectivity index (χ1n) is 15.4. The summed E-state index contributed by atoms with van der Waals surface area (Å²) in [4.78, 5) is 29.3. The van der Waals surface area contributed by atoms with Gasteiger partial charge in [0.05, 0.1) is 39.0 Å². The van der Waals surface area contributed by atoms with E-state index in [1.807, 2.05) is 18.2 Å². The number of nitrogens with zero attached hydrogens (tertiary/aromatic N) is 2. The van der Waals surface area contributed by atoms with Crippen LogP contribution in [0.1, 0.15) is 18.1 Å². The summed E-state index contributed by atoms with van der Waals surface area (Å²) >= 11 is 0. The standard InChI is InChI=1S/C36H40FN3O8S/c1-6-38-36(42)31(20-25-12-8-7-9-13-25)39(23-26-14-10-11-15-29(26)37)35(41)24-40(30-21-27(45-2)16-18-32(30)46-3)49(43,44)28-17-19-33(47-4)34(22-28)48-5/h7-19,21-22,31H,6,20,23-24H2,1-5H3,(H,38,42)/t31-/m1/s1. The molecule has 0 radical (unpaired) electrons. The highest BCUT2D eigenvalue weighted by Crippen LogP contribution is 2.38. The van der Waals surface area contributed by atoms with E-state index in [0.29, 0.717) is 11.5 Å². The monoisotopic (exact) mass is 693 g/mol. The number of anilines is 1. The van der Waals surface area contributed by atoms with Crippen LogP contribution < -0.4 is 28.6 Å². The average Bonchev–Trinajstić information content (AvgIpc) is 3.12. The molecule has 4 rings (SSSR count). The van der Waals surface area contributed by atoms with Gasteiger partial charge in [-0.05, 0) is 42.8 Å². The van der Waals surface area contributed by atoms with Gasteiger partial charge in [0.25, 0.3) is 10.0 Å². The Balaban J connectivity index is 1.90. The molecule has 0 aliphatic heterocycles. The van der Waals surface area contributed by atoms with Crippen molar-refractivity contribution in [2.45, 2.75) is 30.8 Å². The molecular formula is C36H40FN3O8S. The molecule has 0 aliphatic carbocycles. The molecule has 1 atom stereocenters. The molecule has 1 N–H and O–H groups in total. The van der Waals surface area contributed by atoms with Crippen LogP contribution in [0.2, 0.25) is 0 Å². The predicted octanol–water partition coefficient (Wildman–Crippen LogP) is 4.83. The minimum Gasteiger partial charge on any atom is -0.497 e. The zero-order valence-corrected chi connectivity index (χ0v) is 28.8. The number of ether oxygens (including phenoxy) is 4. The fourth-order valence-electron chi connectivity index (χ4n) is 5.27. The van der Waals surface area contributed by atoms with Gasteiger partial charge in [-0.1, -0.05) is 48.5 Å². The van der Waals surface area contributed by atoms with Gasteiger partial charge in [-0.15, -0.1) is 0 Å². The zero-order valence-electron chi connectivity index (χ0n) is 28.0. The number of nitrogens with one attached hydrogen (secondary N) is 1. The second-order valence-electron chi connectivity index (χ2n) is 10.8. The van der Waals surface area contributed by atoms with Crippen LogP contribution in [0.15, 0.2) is 95.9 Å². The average molecular weight is 694 g/mol. The number of benzene rings is 4. The Morgan fingerprint density at radius 1 is 0.796 bits per heavy atom. The number of sulfonamides is 1. The minimum atomic E-state index is -4.55. The first kappa shape index (κ1) is 36.5. The molecule has 0 aliphatic rings. The smallest absolute Gasteiger partial charge is 0.265 e. The number of rotatable bonds is 16. The van der Waals surface area contributed by atoms with Crippen molar-refractivity contribution in [1.29, 1.82) is 0 Å². The lowest BCUT2D eigenvalue weighted by molar-refractivity contribution is -0.140. The summed E-state index contributed by atoms with van der Waals surface area (Å²) in [5.41, 5.74) is 0.884. The fraction of sp³-hybridized carbons (Fsp3) is 0.278. The Morgan fingerprint density at radius 2 is 1.45 bits per heavy atom. The summed E-state index contributed by atoms with van der Waals surface area (Å²) in [6, 6.07) is 22.4. The number of hydrogen-bond acceptors (Lipinski definition) is 8. The number of likely N-dealkylation sites (N-methyl/N-ethyl adjacent to an activating group) is 1. The first-order valence-corrected chi connectivity index (χ1v) is 16.8. The lowest BCUT2D eigenvalue weighted by atomic mass is 10.0. The highest BCUT2D eigenvalue weighted by molar-refractivity contribution is 7.92. The molecule has 4 aromatic carbocycles. The van der Waals surface area contributed by atoms with Gasteiger partial charge in [-0.3, -0.25) is 13.9 Å². The van der Waals surface area contributed by atoms with Crippen molar-refractivity contribution in [3.8, 4) is 23.0 Å². The molecular weight excluding hydrogens is 653 g/mol. The van der Waals surface area contributed by atoms with Gasteiger partial charge in [-0.25, -0.2) is 12.8 Å². The van der Waals surface area contributed by atoms with Crippen LogP contribution in [0.25, 0.3) is 0 Å². The normalized spacial score (nSPS) is 11.6. The van der Waals surface area contributed by atoms with E-state index in [9.17, 15) is 18.0 Å². The van der Waals surface area contributed by atoms with Crippen molar-refractivity contribution in [2.75, 3.05) is 45.8 Å². The molecule has 11 nitrogen and oxygen atoms in total. The van der Waals surface area contributed by atoms with Gasteiger partial charge in [0.15, 0.2) is 11.5 Å². The molecule has 0 spiro atoms. The first-order chi connectivity index (χ1) is 23.6. The van der Waals surface area contributed by atoms with Gasteiger partial charge in [0.1, 0.15) is 29.9 Å². The molecule has 0 fully saturated rings. The van der Waals surface area contributed by atoms with Crippen molar-refractivity contribution in [1.82, 2.24) is 10.2 Å². The Labute approximate surface area is 286 Å². The van der Waals surface area contributed by atoms with Crippen LogP contribution in [-0.4, -0.2) is 72.7 Å². The Bertz CT molecular complexity index is 1860. The second kappa shape index (κ2) is 16.7. The molecule has 260 valence electrons. The molecule has 2 amide bonds. The molecule has 0 saturated carbocycles. The van der Waals surface area contributed by atoms with E-state index in [4.69, 9.17) is 18.9 Å². The van der Waals surface area contributed by atoms with E-state index in [2.05, 4.69) is 5.32 Å². The molecule has 13 heteroatoms. The fourth-order valence-corrected chi connectivity index (χ4v) is 6.70. The summed E-state index contributed by atoms with van der Waals surface area (Å²) in [7, 11) is 1.02. The summed E-state index contributed by atoms with van der Waals surface area (Å²) in [6.07, 6.45) is 0.0811. The highest BCUT2D eigenvalue weighted by atomic mass is 32.2. The third-order valence-electron chi connectivity index (χ3n) is 7.80. The summed E-state index contributed by atoms with van der Waals surface area (Å²) in [6.45, 7) is 0.901. The van der Waals surface area contributed by atoms with E-state index < -0.39 is 40.2 Å². The van der Waals surface area contributed by atoms with E-state index in [-0.39, 0.29) is 47.2 Å². The van der Waals surface area contributed by atoms with E-state index in [1.165, 1.54) is 81.9 Å². The van der Waals surface area contributed by atoms with Crippen molar-refractivity contribution in [2.24, 2.45) is 0 Å². The highest BCUT2D eigenvalue weighted by Gasteiger charge is 2.36. The summed E-state index contributed by atoms with van der Waals surface area (Å²) in [5, 5.41) is 2.78. The van der Waals surface area contributed by atoms with E-state index in [1.54, 1.807) is 31.2 Å². The zero-order chi connectivity index (χ0) is 35.6. The Morgan fingerprint density at radius 3 is 2.08 bits per heavy atom. The molecule has 49 heavy (non-hydrogen) atoms. The van der Waals surface area contributed by atoms with E-state index >= 15 is 4.39 Å². The van der Waals surface area contributed by atoms with Crippen molar-refractivity contribution >= 4 is 27.5 Å². The Hall–Kier alpha value is -5.30. The lowest BCUT2D eigenvalue weighted by Gasteiger charge is -2.34. The number of halogens is 1. The van der Waals surface area contributed by atoms with Crippen molar-refractivity contribution < 1.29 is 41.3 Å². The van der Waals surface area contributed by atoms with Gasteiger partial charge in [-0.2, -0.15) is 0 Å². The summed E-state index contributed by atoms with van der Waals surface area (Å²) < 4.78 is 66.7. The maximum absolute atomic E-state index is 15.1. The maximum atomic E-state index is 15.1. The van der Waals surface area contributed by atoms with Crippen molar-refractivity contribution in [3.05, 3.63) is 108 Å². The molecule has 0 unspecified atom stereocenters. The van der Waals surface area contributed by atoms with Crippen LogP contribution in [0, 0.1) is 5.82 Å². The largest absolute Gasteiger partial charge is 0.497 e. The minimum absolute atomic E-state index is 0.00607. The third-order valence-corrected chi connectivity index (χ3v) is 9.55. The quantitative estimate of drug-likeness (QED) is 0.177. The van der Waals surface area contributed by atoms with Crippen LogP contribution in [-0.2, 0) is 32.6 Å². The van der Waals surface area contributed by atoms with Gasteiger partial charge in [0, 0.05) is 37.2 Å². The number of carbonyl (C=O) groups excluding carboxylic acids is 2.